The Morgan fingerprint density at radius 1 is 1.21 bits per heavy atom. The summed E-state index contributed by atoms with van der Waals surface area (Å²) in [6.07, 6.45) is 0.464. The van der Waals surface area contributed by atoms with E-state index in [9.17, 15) is 14.4 Å². The van der Waals surface area contributed by atoms with Crippen LogP contribution in [-0.2, 0) is 16.1 Å². The van der Waals surface area contributed by atoms with Crippen LogP contribution in [0, 0.1) is 6.92 Å². The highest BCUT2D eigenvalue weighted by molar-refractivity contribution is 5.85. The van der Waals surface area contributed by atoms with Crippen molar-refractivity contribution in [1.82, 2.24) is 9.55 Å². The first kappa shape index (κ1) is 18.9. The van der Waals surface area contributed by atoms with Gasteiger partial charge in [-0.25, -0.2) is 4.79 Å². The molecule has 29 heavy (non-hydrogen) atoms. The highest BCUT2D eigenvalue weighted by Gasteiger charge is 2.36. The predicted molar refractivity (Wildman–Crippen MR) is 105 cm³/mol. The van der Waals surface area contributed by atoms with Gasteiger partial charge in [0.2, 0.25) is 5.88 Å². The van der Waals surface area contributed by atoms with Gasteiger partial charge >= 0.3 is 11.6 Å². The summed E-state index contributed by atoms with van der Waals surface area (Å²) in [4.78, 5) is 42.3. The summed E-state index contributed by atoms with van der Waals surface area (Å²) in [5.41, 5.74) is -0.0257. The van der Waals surface area contributed by atoms with Crippen LogP contribution >= 0.6 is 0 Å². The van der Waals surface area contributed by atoms with Gasteiger partial charge in [0.1, 0.15) is 18.0 Å². The van der Waals surface area contributed by atoms with Crippen molar-refractivity contribution in [3.63, 3.8) is 0 Å². The fourth-order valence-corrected chi connectivity index (χ4v) is 3.74. The molecule has 1 aliphatic heterocycles. The molecule has 0 unspecified atom stereocenters. The van der Waals surface area contributed by atoms with Crippen molar-refractivity contribution in [2.24, 2.45) is 0 Å². The Bertz CT molecular complexity index is 1240. The van der Waals surface area contributed by atoms with E-state index in [1.165, 1.54) is 4.57 Å². The molecule has 0 saturated heterocycles. The molecular weight excluding hydrogens is 376 g/mol. The number of aromatic nitrogens is 2. The number of carbonyl (C=O) groups is 1. The maximum atomic E-state index is 13.2. The van der Waals surface area contributed by atoms with Crippen molar-refractivity contribution < 1.29 is 18.7 Å². The van der Waals surface area contributed by atoms with E-state index in [1.54, 1.807) is 32.0 Å². The first-order chi connectivity index (χ1) is 14.0. The lowest BCUT2D eigenvalue weighted by atomic mass is 9.88. The molecule has 1 atom stereocenters. The predicted octanol–water partition coefficient (Wildman–Crippen LogP) is 2.87. The van der Waals surface area contributed by atoms with E-state index in [4.69, 9.17) is 13.9 Å². The van der Waals surface area contributed by atoms with Crippen LogP contribution in [0.5, 0.6) is 11.6 Å². The van der Waals surface area contributed by atoms with E-state index in [1.807, 2.05) is 13.0 Å². The normalized spacial score (nSPS) is 14.8. The molecule has 2 aromatic heterocycles. The lowest BCUT2D eigenvalue weighted by Crippen LogP contribution is -2.35. The molecule has 1 aliphatic rings. The number of carbonyl (C=O) groups excluding carboxylic acids is 1. The molecule has 0 aliphatic carbocycles. The second kappa shape index (κ2) is 7.20. The zero-order valence-electron chi connectivity index (χ0n) is 16.4. The Morgan fingerprint density at radius 2 is 1.97 bits per heavy atom. The van der Waals surface area contributed by atoms with Crippen LogP contribution in [0.15, 0.2) is 38.3 Å². The third-order valence-corrected chi connectivity index (χ3v) is 5.06. The van der Waals surface area contributed by atoms with E-state index >= 15 is 0 Å². The molecule has 0 spiro atoms. The van der Waals surface area contributed by atoms with Crippen LogP contribution in [-0.4, -0.2) is 22.1 Å². The number of fused-ring (bicyclic) bond motifs is 4. The van der Waals surface area contributed by atoms with Crippen LogP contribution in [0.1, 0.15) is 43.1 Å². The van der Waals surface area contributed by atoms with Crippen LogP contribution in [0.4, 0.5) is 0 Å². The average molecular weight is 396 g/mol. The van der Waals surface area contributed by atoms with Crippen molar-refractivity contribution in [2.45, 2.75) is 39.7 Å². The van der Waals surface area contributed by atoms with E-state index in [2.05, 4.69) is 4.98 Å². The number of rotatable bonds is 4. The fourth-order valence-electron chi connectivity index (χ4n) is 3.74. The van der Waals surface area contributed by atoms with Gasteiger partial charge in [0.05, 0.1) is 23.1 Å². The number of hydrogen-bond acceptors (Lipinski definition) is 7. The molecule has 3 heterocycles. The van der Waals surface area contributed by atoms with Gasteiger partial charge < -0.3 is 13.9 Å². The van der Waals surface area contributed by atoms with E-state index in [-0.39, 0.29) is 24.6 Å². The van der Waals surface area contributed by atoms with Crippen LogP contribution in [0.2, 0.25) is 0 Å². The number of benzene rings is 1. The van der Waals surface area contributed by atoms with Crippen molar-refractivity contribution in [3.05, 3.63) is 62.0 Å². The molecule has 0 fully saturated rings. The Hall–Kier alpha value is -3.42. The average Bonchev–Trinajstić information content (AvgIpc) is 2.70. The zero-order valence-corrected chi connectivity index (χ0v) is 16.4. The molecular formula is C21H20N2O6. The number of hydrogen-bond donors (Lipinski definition) is 0. The van der Waals surface area contributed by atoms with Crippen molar-refractivity contribution in [2.75, 3.05) is 6.61 Å². The molecule has 3 aromatic rings. The third-order valence-electron chi connectivity index (χ3n) is 5.06. The van der Waals surface area contributed by atoms with Crippen LogP contribution in [0.3, 0.4) is 0 Å². The van der Waals surface area contributed by atoms with Crippen LogP contribution in [0.25, 0.3) is 11.0 Å². The van der Waals surface area contributed by atoms with Crippen LogP contribution < -0.4 is 15.9 Å². The van der Waals surface area contributed by atoms with E-state index in [0.29, 0.717) is 34.5 Å². The van der Waals surface area contributed by atoms with E-state index in [0.717, 1.165) is 0 Å². The topological polar surface area (TPSA) is 101 Å². The van der Waals surface area contributed by atoms with Gasteiger partial charge in [0, 0.05) is 5.92 Å². The summed E-state index contributed by atoms with van der Waals surface area (Å²) < 4.78 is 17.6. The van der Waals surface area contributed by atoms with Crippen molar-refractivity contribution in [3.8, 4) is 11.6 Å². The lowest BCUT2D eigenvalue weighted by Gasteiger charge is -2.26. The molecule has 1 aromatic carbocycles. The summed E-state index contributed by atoms with van der Waals surface area (Å²) in [6, 6.07) is 7.07. The number of esters is 1. The molecule has 0 N–H and O–H groups in total. The van der Waals surface area contributed by atoms with Gasteiger partial charge in [0.25, 0.3) is 5.56 Å². The fraction of sp³-hybridized carbons (Fsp3) is 0.333. The summed E-state index contributed by atoms with van der Waals surface area (Å²) in [7, 11) is 0. The Kier molecular flexibility index (Phi) is 4.70. The maximum absolute atomic E-state index is 13.2. The molecule has 0 radical (unpaired) electrons. The van der Waals surface area contributed by atoms with Gasteiger partial charge in [-0.3, -0.25) is 14.2 Å². The number of aryl methyl sites for hydroxylation is 1. The Balaban J connectivity index is 1.94. The minimum absolute atomic E-state index is 0.155. The molecule has 8 nitrogen and oxygen atoms in total. The number of ether oxygens (including phenoxy) is 2. The Morgan fingerprint density at radius 3 is 2.69 bits per heavy atom. The first-order valence-corrected chi connectivity index (χ1v) is 9.46. The maximum Gasteiger partial charge on any atom is 0.343 e. The smallest absolute Gasteiger partial charge is 0.343 e. The Labute approximate surface area is 165 Å². The highest BCUT2D eigenvalue weighted by Crippen LogP contribution is 2.44. The van der Waals surface area contributed by atoms with Gasteiger partial charge in [-0.05, 0) is 32.4 Å². The lowest BCUT2D eigenvalue weighted by molar-refractivity contribution is -0.143. The SMILES string of the molecule is CCOC(=O)Cn1c(C)nc2c(c1=O)[C@@H](CC)c1c(c3ccccc3oc1=O)O2. The largest absolute Gasteiger partial charge is 0.465 e. The summed E-state index contributed by atoms with van der Waals surface area (Å²) in [5.74, 6) is -0.237. The standard InChI is InChI=1S/C21H20N2O6/c1-4-12-16-18(13-8-6-7-9-14(13)28-21(16)26)29-19-17(12)20(25)23(11(3)22-19)10-15(24)27-5-2/h6-9,12H,4-5,10H2,1-3H3/t12-/m0/s1. The van der Waals surface area contributed by atoms with Gasteiger partial charge in [-0.15, -0.1) is 0 Å². The van der Waals surface area contributed by atoms with Gasteiger partial charge in [-0.2, -0.15) is 4.98 Å². The number of para-hydroxylation sites is 1. The van der Waals surface area contributed by atoms with E-state index < -0.39 is 23.1 Å². The highest BCUT2D eigenvalue weighted by atomic mass is 16.5. The van der Waals surface area contributed by atoms with Crippen molar-refractivity contribution >= 4 is 16.9 Å². The van der Waals surface area contributed by atoms with Crippen molar-refractivity contribution in [1.29, 1.82) is 0 Å². The minimum Gasteiger partial charge on any atom is -0.465 e. The summed E-state index contributed by atoms with van der Waals surface area (Å²) in [6.45, 7) is 5.15. The number of nitrogens with zero attached hydrogens (tertiary/aromatic N) is 2. The third kappa shape index (κ3) is 3.00. The molecule has 0 amide bonds. The molecule has 0 bridgehead atoms. The summed E-state index contributed by atoms with van der Waals surface area (Å²) >= 11 is 0. The zero-order chi connectivity index (χ0) is 20.7. The quantitative estimate of drug-likeness (QED) is 0.494. The molecule has 8 heteroatoms. The molecule has 150 valence electrons. The first-order valence-electron chi connectivity index (χ1n) is 9.46. The summed E-state index contributed by atoms with van der Waals surface area (Å²) in [5, 5.41) is 0.640. The van der Waals surface area contributed by atoms with Gasteiger partial charge in [-0.1, -0.05) is 19.1 Å². The minimum atomic E-state index is -0.552. The monoisotopic (exact) mass is 396 g/mol. The second-order valence-electron chi connectivity index (χ2n) is 6.77. The second-order valence-corrected chi connectivity index (χ2v) is 6.77. The molecule has 0 saturated carbocycles. The van der Waals surface area contributed by atoms with Gasteiger partial charge in [0.15, 0.2) is 5.75 Å². The molecule has 4 rings (SSSR count).